The van der Waals surface area contributed by atoms with E-state index in [1.54, 1.807) is 12.1 Å². The van der Waals surface area contributed by atoms with Crippen LogP contribution in [0.5, 0.6) is 0 Å². The average Bonchev–Trinajstić information content (AvgIpc) is 2.27. The number of benzene rings is 1. The van der Waals surface area contributed by atoms with E-state index >= 15 is 0 Å². The maximum atomic E-state index is 11.4. The van der Waals surface area contributed by atoms with Crippen LogP contribution in [0.3, 0.4) is 0 Å². The maximum Gasteiger partial charge on any atom is 0.379 e. The molecular weight excluding hydrogens is 216 g/mol. The number of hydrogen-bond acceptors (Lipinski definition) is 3. The second kappa shape index (κ2) is 4.94. The number of ether oxygens (including phenoxy) is 1. The SMILES string of the molecule is CCc1cc(C(=O)C(=O)OC)ccc1Cl. The van der Waals surface area contributed by atoms with Gasteiger partial charge >= 0.3 is 5.97 Å². The molecule has 80 valence electrons. The Morgan fingerprint density at radius 3 is 2.60 bits per heavy atom. The van der Waals surface area contributed by atoms with Gasteiger partial charge in [0.05, 0.1) is 7.11 Å². The van der Waals surface area contributed by atoms with E-state index in [0.717, 1.165) is 5.56 Å². The molecule has 0 saturated heterocycles. The Labute approximate surface area is 93.0 Å². The predicted octanol–water partition coefficient (Wildman–Crippen LogP) is 2.26. The average molecular weight is 227 g/mol. The van der Waals surface area contributed by atoms with Gasteiger partial charge in [0.2, 0.25) is 0 Å². The topological polar surface area (TPSA) is 43.4 Å². The molecule has 0 aliphatic rings. The van der Waals surface area contributed by atoms with E-state index in [1.807, 2.05) is 6.92 Å². The largest absolute Gasteiger partial charge is 0.463 e. The Kier molecular flexibility index (Phi) is 3.86. The lowest BCUT2D eigenvalue weighted by Crippen LogP contribution is -2.15. The molecule has 0 spiro atoms. The molecule has 0 heterocycles. The second-order valence-electron chi connectivity index (χ2n) is 2.98. The third kappa shape index (κ3) is 2.57. The van der Waals surface area contributed by atoms with Crippen LogP contribution < -0.4 is 0 Å². The maximum absolute atomic E-state index is 11.4. The lowest BCUT2D eigenvalue weighted by atomic mass is 10.1. The Balaban J connectivity index is 3.06. The molecule has 0 bridgehead atoms. The number of hydrogen-bond donors (Lipinski definition) is 0. The number of carbonyl (C=O) groups excluding carboxylic acids is 2. The summed E-state index contributed by atoms with van der Waals surface area (Å²) in [7, 11) is 1.18. The van der Waals surface area contributed by atoms with Crippen molar-refractivity contribution in [1.29, 1.82) is 0 Å². The molecule has 1 rings (SSSR count). The van der Waals surface area contributed by atoms with E-state index in [0.29, 0.717) is 17.0 Å². The standard InChI is InChI=1S/C11H11ClO3/c1-3-7-6-8(4-5-9(7)12)10(13)11(14)15-2/h4-6H,3H2,1-2H3. The zero-order valence-electron chi connectivity index (χ0n) is 8.54. The van der Waals surface area contributed by atoms with Crippen molar-refractivity contribution in [3.8, 4) is 0 Å². The van der Waals surface area contributed by atoms with Gasteiger partial charge in [0.1, 0.15) is 0 Å². The first kappa shape index (κ1) is 11.7. The smallest absolute Gasteiger partial charge is 0.379 e. The Morgan fingerprint density at radius 2 is 2.07 bits per heavy atom. The number of aryl methyl sites for hydroxylation is 1. The highest BCUT2D eigenvalue weighted by Crippen LogP contribution is 2.18. The van der Waals surface area contributed by atoms with Crippen molar-refractivity contribution in [2.24, 2.45) is 0 Å². The highest BCUT2D eigenvalue weighted by molar-refractivity contribution is 6.40. The number of halogens is 1. The van der Waals surface area contributed by atoms with Crippen LogP contribution in [0.25, 0.3) is 0 Å². The van der Waals surface area contributed by atoms with Crippen molar-refractivity contribution in [2.45, 2.75) is 13.3 Å². The number of esters is 1. The fraction of sp³-hybridized carbons (Fsp3) is 0.273. The van der Waals surface area contributed by atoms with E-state index in [9.17, 15) is 9.59 Å². The molecular formula is C11H11ClO3. The minimum absolute atomic E-state index is 0.308. The van der Waals surface area contributed by atoms with E-state index in [1.165, 1.54) is 13.2 Å². The highest BCUT2D eigenvalue weighted by atomic mass is 35.5. The van der Waals surface area contributed by atoms with E-state index in [2.05, 4.69) is 4.74 Å². The second-order valence-corrected chi connectivity index (χ2v) is 3.39. The van der Waals surface area contributed by atoms with Crippen molar-refractivity contribution in [3.05, 3.63) is 34.3 Å². The van der Waals surface area contributed by atoms with Gasteiger partial charge in [-0.3, -0.25) is 4.79 Å². The molecule has 0 amide bonds. The lowest BCUT2D eigenvalue weighted by molar-refractivity contribution is -0.135. The molecule has 15 heavy (non-hydrogen) atoms. The number of carbonyl (C=O) groups is 2. The van der Waals surface area contributed by atoms with Gasteiger partial charge in [-0.05, 0) is 30.2 Å². The fourth-order valence-corrected chi connectivity index (χ4v) is 1.45. The molecule has 0 aromatic heterocycles. The number of Topliss-reactive ketones (excluding diaryl/α,β-unsaturated/α-hetero) is 1. The molecule has 0 radical (unpaired) electrons. The highest BCUT2D eigenvalue weighted by Gasteiger charge is 2.17. The first-order valence-corrected chi connectivity index (χ1v) is 4.89. The zero-order valence-corrected chi connectivity index (χ0v) is 9.30. The minimum atomic E-state index is -0.862. The summed E-state index contributed by atoms with van der Waals surface area (Å²) in [5, 5.41) is 0.596. The van der Waals surface area contributed by atoms with E-state index in [-0.39, 0.29) is 0 Å². The quantitative estimate of drug-likeness (QED) is 0.451. The zero-order chi connectivity index (χ0) is 11.4. The first-order chi connectivity index (χ1) is 7.10. The van der Waals surface area contributed by atoms with Gasteiger partial charge in [-0.1, -0.05) is 18.5 Å². The number of ketones is 1. The van der Waals surface area contributed by atoms with E-state index < -0.39 is 11.8 Å². The monoisotopic (exact) mass is 226 g/mol. The van der Waals surface area contributed by atoms with Crippen LogP contribution in [0.4, 0.5) is 0 Å². The van der Waals surface area contributed by atoms with Crippen molar-refractivity contribution < 1.29 is 14.3 Å². The molecule has 3 nitrogen and oxygen atoms in total. The third-order valence-electron chi connectivity index (χ3n) is 2.06. The van der Waals surface area contributed by atoms with Gasteiger partial charge in [-0.15, -0.1) is 0 Å². The summed E-state index contributed by atoms with van der Waals surface area (Å²) in [5.74, 6) is -1.51. The predicted molar refractivity (Wildman–Crippen MR) is 57.2 cm³/mol. The molecule has 0 saturated carbocycles. The lowest BCUT2D eigenvalue weighted by Gasteiger charge is -2.03. The summed E-state index contributed by atoms with van der Waals surface area (Å²) < 4.78 is 4.35. The van der Waals surface area contributed by atoms with Crippen LogP contribution in [0.15, 0.2) is 18.2 Å². The van der Waals surface area contributed by atoms with Crippen molar-refractivity contribution >= 4 is 23.4 Å². The molecule has 1 aromatic rings. The molecule has 0 unspecified atom stereocenters. The Bertz CT molecular complexity index is 399. The van der Waals surface area contributed by atoms with Crippen molar-refractivity contribution in [2.75, 3.05) is 7.11 Å². The van der Waals surface area contributed by atoms with Gasteiger partial charge < -0.3 is 4.74 Å². The first-order valence-electron chi connectivity index (χ1n) is 4.51. The third-order valence-corrected chi connectivity index (χ3v) is 2.43. The van der Waals surface area contributed by atoms with Crippen LogP contribution >= 0.6 is 11.6 Å². The van der Waals surface area contributed by atoms with Crippen molar-refractivity contribution in [3.63, 3.8) is 0 Å². The van der Waals surface area contributed by atoms with Crippen LogP contribution in [0.2, 0.25) is 5.02 Å². The summed E-state index contributed by atoms with van der Waals surface area (Å²) >= 11 is 5.89. The molecule has 0 atom stereocenters. The van der Waals surface area contributed by atoms with Gasteiger partial charge in [-0.2, -0.15) is 0 Å². The molecule has 0 N–H and O–H groups in total. The number of methoxy groups -OCH3 is 1. The van der Waals surface area contributed by atoms with Gasteiger partial charge in [0.25, 0.3) is 5.78 Å². The Hall–Kier alpha value is -1.35. The van der Waals surface area contributed by atoms with Crippen LogP contribution in [0.1, 0.15) is 22.8 Å². The summed E-state index contributed by atoms with van der Waals surface area (Å²) in [4.78, 5) is 22.4. The molecule has 0 fully saturated rings. The summed E-state index contributed by atoms with van der Waals surface area (Å²) in [6.07, 6.45) is 0.709. The Morgan fingerprint density at radius 1 is 1.40 bits per heavy atom. The van der Waals surface area contributed by atoms with Gasteiger partial charge in [0, 0.05) is 10.6 Å². The normalized spacial score (nSPS) is 9.80. The number of rotatable bonds is 3. The fourth-order valence-electron chi connectivity index (χ4n) is 1.20. The van der Waals surface area contributed by atoms with Crippen molar-refractivity contribution in [1.82, 2.24) is 0 Å². The molecule has 0 aliphatic heterocycles. The summed E-state index contributed by atoms with van der Waals surface area (Å²) in [5.41, 5.74) is 1.15. The molecule has 0 aliphatic carbocycles. The minimum Gasteiger partial charge on any atom is -0.463 e. The summed E-state index contributed by atoms with van der Waals surface area (Å²) in [6.45, 7) is 1.92. The van der Waals surface area contributed by atoms with Crippen LogP contribution in [-0.2, 0) is 16.0 Å². The summed E-state index contributed by atoms with van der Waals surface area (Å²) in [6, 6.07) is 4.74. The molecule has 4 heteroatoms. The van der Waals surface area contributed by atoms with Gasteiger partial charge in [-0.25, -0.2) is 4.79 Å². The van der Waals surface area contributed by atoms with Crippen LogP contribution in [-0.4, -0.2) is 18.9 Å². The van der Waals surface area contributed by atoms with Gasteiger partial charge in [0.15, 0.2) is 0 Å². The van der Waals surface area contributed by atoms with E-state index in [4.69, 9.17) is 11.6 Å². The van der Waals surface area contributed by atoms with Crippen LogP contribution in [0, 0.1) is 0 Å². The molecule has 1 aromatic carbocycles.